The molecule has 2 rings (SSSR count). The first-order valence-corrected chi connectivity index (χ1v) is 9.77. The van der Waals surface area contributed by atoms with Crippen LogP contribution in [0, 0.1) is 11.3 Å². The van der Waals surface area contributed by atoms with Gasteiger partial charge >= 0.3 is 5.97 Å². The number of nitrogens with one attached hydrogen (secondary N) is 1. The first-order chi connectivity index (χ1) is 13.9. The molecular weight excluding hydrogens is 374 g/mol. The Hall–Kier alpha value is -3.08. The average molecular weight is 401 g/mol. The molecule has 0 radical (unpaired) electrons. The van der Waals surface area contributed by atoms with Crippen molar-refractivity contribution >= 4 is 17.8 Å². The molecule has 0 spiro atoms. The van der Waals surface area contributed by atoms with E-state index in [-0.39, 0.29) is 6.54 Å². The van der Waals surface area contributed by atoms with Gasteiger partial charge in [0, 0.05) is 7.05 Å². The van der Waals surface area contributed by atoms with E-state index < -0.39 is 29.9 Å². The fourth-order valence-electron chi connectivity index (χ4n) is 3.37. The molecule has 1 fully saturated rings. The Labute approximate surface area is 170 Å². The number of carbonyl (C=O) groups excluding carboxylic acids is 3. The van der Waals surface area contributed by atoms with Crippen LogP contribution in [0.4, 0.5) is 0 Å². The van der Waals surface area contributed by atoms with Crippen LogP contribution in [-0.4, -0.2) is 55.0 Å². The van der Waals surface area contributed by atoms with Crippen molar-refractivity contribution in [1.82, 2.24) is 10.2 Å². The standard InChI is InChI=1S/C21H27N3O5/c1-3-28-17-10-6-5-9-16(17)20(27)23-13-19(26)29-14-18(25)24(2)21(15-22)11-7-4-8-12-21/h5-6,9-10H,3-4,7-8,11-14H2,1-2H3,(H,23,27). The topological polar surface area (TPSA) is 109 Å². The molecule has 0 atom stereocenters. The van der Waals surface area contributed by atoms with Gasteiger partial charge in [-0.15, -0.1) is 0 Å². The van der Waals surface area contributed by atoms with Crippen LogP contribution in [-0.2, 0) is 14.3 Å². The van der Waals surface area contributed by atoms with Gasteiger partial charge in [-0.1, -0.05) is 31.4 Å². The Morgan fingerprint density at radius 1 is 1.21 bits per heavy atom. The van der Waals surface area contributed by atoms with E-state index in [0.717, 1.165) is 19.3 Å². The predicted octanol–water partition coefficient (Wildman–Crippen LogP) is 2.04. The lowest BCUT2D eigenvalue weighted by atomic mass is 9.81. The highest BCUT2D eigenvalue weighted by Gasteiger charge is 2.38. The fraction of sp³-hybridized carbons (Fsp3) is 0.524. The normalized spacial score (nSPS) is 14.9. The summed E-state index contributed by atoms with van der Waals surface area (Å²) in [6.07, 6.45) is 4.07. The van der Waals surface area contributed by atoms with E-state index in [9.17, 15) is 19.6 Å². The number of esters is 1. The highest BCUT2D eigenvalue weighted by Crippen LogP contribution is 2.32. The minimum absolute atomic E-state index is 0.311. The predicted molar refractivity (Wildman–Crippen MR) is 105 cm³/mol. The molecule has 1 aliphatic carbocycles. The van der Waals surface area contributed by atoms with Crippen molar-refractivity contribution in [3.8, 4) is 11.8 Å². The molecule has 0 unspecified atom stereocenters. The summed E-state index contributed by atoms with van der Waals surface area (Å²) in [5, 5.41) is 12.0. The van der Waals surface area contributed by atoms with Crippen molar-refractivity contribution in [2.45, 2.75) is 44.6 Å². The summed E-state index contributed by atoms with van der Waals surface area (Å²) in [5.41, 5.74) is -0.523. The molecule has 0 bridgehead atoms. The molecule has 8 heteroatoms. The second-order valence-corrected chi connectivity index (χ2v) is 6.93. The van der Waals surface area contributed by atoms with Gasteiger partial charge in [0.25, 0.3) is 11.8 Å². The number of likely N-dealkylation sites (N-methyl/N-ethyl adjacent to an activating group) is 1. The SMILES string of the molecule is CCOc1ccccc1C(=O)NCC(=O)OCC(=O)N(C)C1(C#N)CCCCC1. The Kier molecular flexibility index (Phi) is 8.01. The van der Waals surface area contributed by atoms with Crippen LogP contribution in [0.2, 0.25) is 0 Å². The van der Waals surface area contributed by atoms with E-state index in [2.05, 4.69) is 11.4 Å². The van der Waals surface area contributed by atoms with Crippen LogP contribution in [0.1, 0.15) is 49.4 Å². The maximum atomic E-state index is 12.4. The van der Waals surface area contributed by atoms with Crippen molar-refractivity contribution in [3.63, 3.8) is 0 Å². The molecular formula is C21H27N3O5. The number of para-hydroxylation sites is 1. The number of hydrogen-bond donors (Lipinski definition) is 1. The minimum atomic E-state index is -0.834. The highest BCUT2D eigenvalue weighted by atomic mass is 16.5. The lowest BCUT2D eigenvalue weighted by Crippen LogP contribution is -2.51. The summed E-state index contributed by atoms with van der Waals surface area (Å²) in [6, 6.07) is 8.96. The van der Waals surface area contributed by atoms with E-state index in [0.29, 0.717) is 30.8 Å². The van der Waals surface area contributed by atoms with Crippen LogP contribution in [0.5, 0.6) is 5.75 Å². The second-order valence-electron chi connectivity index (χ2n) is 6.93. The summed E-state index contributed by atoms with van der Waals surface area (Å²) in [6.45, 7) is 1.37. The number of amides is 2. The number of hydrogen-bond acceptors (Lipinski definition) is 6. The van der Waals surface area contributed by atoms with E-state index in [1.807, 2.05) is 6.92 Å². The zero-order chi connectivity index (χ0) is 21.3. The monoisotopic (exact) mass is 401 g/mol. The molecule has 1 aromatic rings. The molecule has 156 valence electrons. The summed E-state index contributed by atoms with van der Waals surface area (Å²) < 4.78 is 10.4. The summed E-state index contributed by atoms with van der Waals surface area (Å²) in [5.74, 6) is -1.22. The van der Waals surface area contributed by atoms with Crippen molar-refractivity contribution in [3.05, 3.63) is 29.8 Å². The molecule has 8 nitrogen and oxygen atoms in total. The zero-order valence-electron chi connectivity index (χ0n) is 16.9. The Morgan fingerprint density at radius 2 is 1.90 bits per heavy atom. The van der Waals surface area contributed by atoms with Crippen molar-refractivity contribution < 1.29 is 23.9 Å². The number of nitriles is 1. The van der Waals surface area contributed by atoms with Gasteiger partial charge in [0.1, 0.15) is 17.8 Å². The molecule has 1 N–H and O–H groups in total. The van der Waals surface area contributed by atoms with Gasteiger partial charge in [-0.25, -0.2) is 0 Å². The second kappa shape index (κ2) is 10.5. The van der Waals surface area contributed by atoms with Gasteiger partial charge in [-0.05, 0) is 31.9 Å². The molecule has 1 saturated carbocycles. The lowest BCUT2D eigenvalue weighted by molar-refractivity contribution is -0.152. The third-order valence-electron chi connectivity index (χ3n) is 5.09. The lowest BCUT2D eigenvalue weighted by Gasteiger charge is -2.38. The number of benzene rings is 1. The Bertz CT molecular complexity index is 781. The molecule has 1 aromatic carbocycles. The molecule has 29 heavy (non-hydrogen) atoms. The number of nitrogens with zero attached hydrogens (tertiary/aromatic N) is 2. The highest BCUT2D eigenvalue weighted by molar-refractivity contribution is 5.98. The van der Waals surface area contributed by atoms with Crippen LogP contribution in [0.15, 0.2) is 24.3 Å². The van der Waals surface area contributed by atoms with E-state index in [1.54, 1.807) is 31.3 Å². The molecule has 0 saturated heterocycles. The number of carbonyl (C=O) groups is 3. The van der Waals surface area contributed by atoms with Gasteiger partial charge < -0.3 is 19.7 Å². The number of ether oxygens (including phenoxy) is 2. The Balaban J connectivity index is 1.83. The van der Waals surface area contributed by atoms with E-state index in [1.165, 1.54) is 4.90 Å². The molecule has 0 heterocycles. The molecule has 0 aromatic heterocycles. The van der Waals surface area contributed by atoms with Gasteiger partial charge in [0.15, 0.2) is 6.61 Å². The number of rotatable bonds is 8. The third kappa shape index (κ3) is 5.70. The third-order valence-corrected chi connectivity index (χ3v) is 5.09. The van der Waals surface area contributed by atoms with Gasteiger partial charge in [0.05, 0.1) is 18.2 Å². The van der Waals surface area contributed by atoms with Crippen LogP contribution in [0.25, 0.3) is 0 Å². The minimum Gasteiger partial charge on any atom is -0.493 e. The fourth-order valence-corrected chi connectivity index (χ4v) is 3.37. The first kappa shape index (κ1) is 22.2. The van der Waals surface area contributed by atoms with Crippen LogP contribution < -0.4 is 10.1 Å². The van der Waals surface area contributed by atoms with Crippen LogP contribution in [0.3, 0.4) is 0 Å². The van der Waals surface area contributed by atoms with E-state index >= 15 is 0 Å². The van der Waals surface area contributed by atoms with Gasteiger partial charge in [-0.3, -0.25) is 14.4 Å². The van der Waals surface area contributed by atoms with Gasteiger partial charge in [-0.2, -0.15) is 5.26 Å². The Morgan fingerprint density at radius 3 is 2.55 bits per heavy atom. The maximum absolute atomic E-state index is 12.4. The quantitative estimate of drug-likeness (QED) is 0.668. The average Bonchev–Trinajstić information content (AvgIpc) is 2.76. The molecule has 2 amide bonds. The van der Waals surface area contributed by atoms with E-state index in [4.69, 9.17) is 9.47 Å². The smallest absolute Gasteiger partial charge is 0.325 e. The van der Waals surface area contributed by atoms with Gasteiger partial charge in [0.2, 0.25) is 0 Å². The first-order valence-electron chi connectivity index (χ1n) is 9.77. The van der Waals surface area contributed by atoms with Crippen molar-refractivity contribution in [1.29, 1.82) is 5.26 Å². The van der Waals surface area contributed by atoms with Crippen LogP contribution >= 0.6 is 0 Å². The largest absolute Gasteiger partial charge is 0.493 e. The van der Waals surface area contributed by atoms with Crippen molar-refractivity contribution in [2.75, 3.05) is 26.8 Å². The summed E-state index contributed by atoms with van der Waals surface area (Å²) in [4.78, 5) is 38.0. The molecule has 1 aliphatic rings. The van der Waals surface area contributed by atoms with Crippen molar-refractivity contribution in [2.24, 2.45) is 0 Å². The summed E-state index contributed by atoms with van der Waals surface area (Å²) in [7, 11) is 1.57. The maximum Gasteiger partial charge on any atom is 0.325 e. The molecule has 0 aliphatic heterocycles. The zero-order valence-corrected chi connectivity index (χ0v) is 16.9. The summed E-state index contributed by atoms with van der Waals surface area (Å²) >= 11 is 0.